The van der Waals surface area contributed by atoms with Gasteiger partial charge in [0.2, 0.25) is 5.91 Å². The van der Waals surface area contributed by atoms with Crippen LogP contribution in [0.1, 0.15) is 24.6 Å². The number of hydrogen-bond acceptors (Lipinski definition) is 6. The van der Waals surface area contributed by atoms with Crippen molar-refractivity contribution >= 4 is 17.6 Å². The molecule has 0 saturated heterocycles. The fourth-order valence-electron chi connectivity index (χ4n) is 2.55. The average molecular weight is 371 g/mol. The lowest BCUT2D eigenvalue weighted by Crippen LogP contribution is -2.34. The molecule has 0 N–H and O–H groups in total. The predicted octanol–water partition coefficient (Wildman–Crippen LogP) is 2.51. The number of carbonyl (C=O) groups excluding carboxylic acids is 2. The molecule has 0 radical (unpaired) electrons. The van der Waals surface area contributed by atoms with Crippen molar-refractivity contribution in [3.63, 3.8) is 0 Å². The summed E-state index contributed by atoms with van der Waals surface area (Å²) in [4.78, 5) is 40.8. The molecule has 0 aliphatic carbocycles. The molecule has 2 rings (SSSR count). The van der Waals surface area contributed by atoms with Gasteiger partial charge in [-0.05, 0) is 19.1 Å². The molecule has 0 saturated carbocycles. The van der Waals surface area contributed by atoms with E-state index < -0.39 is 10.9 Å². The minimum atomic E-state index is -0.510. The fraction of sp³-hybridized carbons (Fsp3) is 0.316. The molecule has 0 spiro atoms. The van der Waals surface area contributed by atoms with E-state index in [9.17, 15) is 19.7 Å². The minimum Gasteiger partial charge on any atom is -0.466 e. The summed E-state index contributed by atoms with van der Waals surface area (Å²) in [5.74, 6) is -0.721. The quantitative estimate of drug-likeness (QED) is 0.381. The number of nitro benzene ring substituents is 1. The Morgan fingerprint density at radius 1 is 1.19 bits per heavy atom. The number of amides is 1. The predicted molar refractivity (Wildman–Crippen MR) is 97.7 cm³/mol. The Kier molecular flexibility index (Phi) is 7.42. The standard InChI is InChI=1S/C19H21N3O5/c1-2-27-19(24)10-12-21(14-16-8-5-6-11-20-16)18(23)13-15-7-3-4-9-17(15)22(25)26/h3-9,11H,2,10,12-14H2,1H3. The summed E-state index contributed by atoms with van der Waals surface area (Å²) < 4.78 is 4.91. The Morgan fingerprint density at radius 2 is 1.93 bits per heavy atom. The van der Waals surface area contributed by atoms with Crippen molar-refractivity contribution in [3.8, 4) is 0 Å². The lowest BCUT2D eigenvalue weighted by atomic mass is 10.1. The smallest absolute Gasteiger partial charge is 0.307 e. The lowest BCUT2D eigenvalue weighted by molar-refractivity contribution is -0.385. The van der Waals surface area contributed by atoms with Crippen LogP contribution in [0.2, 0.25) is 0 Å². The molecular weight excluding hydrogens is 350 g/mol. The van der Waals surface area contributed by atoms with Gasteiger partial charge in [-0.3, -0.25) is 24.7 Å². The Bertz CT molecular complexity index is 795. The summed E-state index contributed by atoms with van der Waals surface area (Å²) in [6.07, 6.45) is 1.53. The van der Waals surface area contributed by atoms with Gasteiger partial charge in [-0.2, -0.15) is 0 Å². The highest BCUT2D eigenvalue weighted by atomic mass is 16.6. The second kappa shape index (κ2) is 10.0. The number of para-hydroxylation sites is 1. The first-order valence-electron chi connectivity index (χ1n) is 8.57. The van der Waals surface area contributed by atoms with Crippen molar-refractivity contribution in [3.05, 3.63) is 70.0 Å². The van der Waals surface area contributed by atoms with Crippen LogP contribution in [0.15, 0.2) is 48.7 Å². The molecule has 0 aliphatic rings. The van der Waals surface area contributed by atoms with Gasteiger partial charge < -0.3 is 9.64 Å². The average Bonchev–Trinajstić information content (AvgIpc) is 2.66. The maximum Gasteiger partial charge on any atom is 0.307 e. The van der Waals surface area contributed by atoms with Crippen molar-refractivity contribution < 1.29 is 19.2 Å². The number of hydrogen-bond donors (Lipinski definition) is 0. The van der Waals surface area contributed by atoms with E-state index in [1.54, 1.807) is 49.5 Å². The third-order valence-corrected chi connectivity index (χ3v) is 3.85. The third kappa shape index (κ3) is 6.18. The molecule has 0 aliphatic heterocycles. The van der Waals surface area contributed by atoms with E-state index in [-0.39, 0.29) is 44.1 Å². The van der Waals surface area contributed by atoms with Crippen LogP contribution in [-0.4, -0.2) is 39.8 Å². The van der Waals surface area contributed by atoms with E-state index in [0.717, 1.165) is 0 Å². The molecule has 0 unspecified atom stereocenters. The lowest BCUT2D eigenvalue weighted by Gasteiger charge is -2.22. The van der Waals surface area contributed by atoms with Gasteiger partial charge in [-0.15, -0.1) is 0 Å². The van der Waals surface area contributed by atoms with Gasteiger partial charge in [0, 0.05) is 24.4 Å². The third-order valence-electron chi connectivity index (χ3n) is 3.85. The van der Waals surface area contributed by atoms with E-state index in [4.69, 9.17) is 4.74 Å². The van der Waals surface area contributed by atoms with Gasteiger partial charge in [-0.25, -0.2) is 0 Å². The Morgan fingerprint density at radius 3 is 2.59 bits per heavy atom. The van der Waals surface area contributed by atoms with E-state index >= 15 is 0 Å². The molecular formula is C19H21N3O5. The highest BCUT2D eigenvalue weighted by Crippen LogP contribution is 2.19. The van der Waals surface area contributed by atoms with Crippen molar-refractivity contribution in [2.45, 2.75) is 26.3 Å². The van der Waals surface area contributed by atoms with Crippen molar-refractivity contribution in [2.24, 2.45) is 0 Å². The zero-order valence-electron chi connectivity index (χ0n) is 15.0. The number of ether oxygens (including phenoxy) is 1. The fourth-order valence-corrected chi connectivity index (χ4v) is 2.55. The number of rotatable bonds is 9. The SMILES string of the molecule is CCOC(=O)CCN(Cc1ccccn1)C(=O)Cc1ccccc1[N+](=O)[O-]. The highest BCUT2D eigenvalue weighted by molar-refractivity contribution is 5.80. The maximum atomic E-state index is 12.8. The first kappa shape index (κ1) is 20.0. The van der Waals surface area contributed by atoms with Gasteiger partial charge in [0.15, 0.2) is 0 Å². The number of nitrogens with zero attached hydrogens (tertiary/aromatic N) is 3. The van der Waals surface area contributed by atoms with Crippen LogP contribution in [0.3, 0.4) is 0 Å². The Labute approximate surface area is 156 Å². The van der Waals surface area contributed by atoms with E-state index in [1.807, 2.05) is 0 Å². The molecule has 2 aromatic rings. The first-order chi connectivity index (χ1) is 13.0. The van der Waals surface area contributed by atoms with Gasteiger partial charge in [0.1, 0.15) is 0 Å². The second-order valence-corrected chi connectivity index (χ2v) is 5.75. The summed E-state index contributed by atoms with van der Waals surface area (Å²) >= 11 is 0. The second-order valence-electron chi connectivity index (χ2n) is 5.75. The van der Waals surface area contributed by atoms with Crippen molar-refractivity contribution in [2.75, 3.05) is 13.2 Å². The first-order valence-corrected chi connectivity index (χ1v) is 8.57. The summed E-state index contributed by atoms with van der Waals surface area (Å²) in [6, 6.07) is 11.5. The highest BCUT2D eigenvalue weighted by Gasteiger charge is 2.21. The molecule has 1 aromatic heterocycles. The summed E-state index contributed by atoms with van der Waals surface area (Å²) in [7, 11) is 0. The minimum absolute atomic E-state index is 0.0449. The zero-order valence-corrected chi connectivity index (χ0v) is 15.0. The Hall–Kier alpha value is -3.29. The Balaban J connectivity index is 2.14. The molecule has 1 amide bonds. The van der Waals surface area contributed by atoms with Gasteiger partial charge in [0.25, 0.3) is 5.69 Å². The van der Waals surface area contributed by atoms with Gasteiger partial charge in [0.05, 0.1) is 36.6 Å². The van der Waals surface area contributed by atoms with Crippen LogP contribution in [0.4, 0.5) is 5.69 Å². The van der Waals surface area contributed by atoms with Crippen LogP contribution in [0.5, 0.6) is 0 Å². The molecule has 1 heterocycles. The number of carbonyl (C=O) groups is 2. The summed E-state index contributed by atoms with van der Waals surface area (Å²) in [5.41, 5.74) is 0.890. The number of aromatic nitrogens is 1. The number of esters is 1. The van der Waals surface area contributed by atoms with E-state index in [2.05, 4.69) is 4.98 Å². The summed E-state index contributed by atoms with van der Waals surface area (Å²) in [5, 5.41) is 11.2. The normalized spacial score (nSPS) is 10.3. The molecule has 0 bridgehead atoms. The number of pyridine rings is 1. The molecule has 142 valence electrons. The molecule has 8 nitrogen and oxygen atoms in total. The van der Waals surface area contributed by atoms with Crippen molar-refractivity contribution in [1.82, 2.24) is 9.88 Å². The van der Waals surface area contributed by atoms with Gasteiger partial charge >= 0.3 is 5.97 Å². The topological polar surface area (TPSA) is 103 Å². The number of nitro groups is 1. The van der Waals surface area contributed by atoms with Crippen LogP contribution >= 0.6 is 0 Å². The van der Waals surface area contributed by atoms with Crippen LogP contribution < -0.4 is 0 Å². The van der Waals surface area contributed by atoms with E-state index in [1.165, 1.54) is 11.0 Å². The molecule has 8 heteroatoms. The van der Waals surface area contributed by atoms with E-state index in [0.29, 0.717) is 11.3 Å². The monoisotopic (exact) mass is 371 g/mol. The maximum absolute atomic E-state index is 12.8. The van der Waals surface area contributed by atoms with Crippen LogP contribution in [-0.2, 0) is 27.3 Å². The largest absolute Gasteiger partial charge is 0.466 e. The zero-order chi connectivity index (χ0) is 19.6. The number of benzene rings is 1. The molecule has 1 aromatic carbocycles. The van der Waals surface area contributed by atoms with Crippen LogP contribution in [0.25, 0.3) is 0 Å². The van der Waals surface area contributed by atoms with Crippen molar-refractivity contribution in [1.29, 1.82) is 0 Å². The molecule has 27 heavy (non-hydrogen) atoms. The molecule has 0 fully saturated rings. The summed E-state index contributed by atoms with van der Waals surface area (Å²) in [6.45, 7) is 2.33. The van der Waals surface area contributed by atoms with Gasteiger partial charge in [-0.1, -0.05) is 24.3 Å². The molecule has 0 atom stereocenters. The van der Waals surface area contributed by atoms with Crippen LogP contribution in [0, 0.1) is 10.1 Å².